The third kappa shape index (κ3) is 2.69. The smallest absolute Gasteiger partial charge is 0.212 e. The lowest BCUT2D eigenvalue weighted by atomic mass is 10.2. The number of nitrogens with one attached hydrogen (secondary N) is 1. The summed E-state index contributed by atoms with van der Waals surface area (Å²) >= 11 is 1.76. The van der Waals surface area contributed by atoms with E-state index >= 15 is 0 Å². The molecule has 0 aliphatic carbocycles. The van der Waals surface area contributed by atoms with Crippen molar-refractivity contribution in [3.63, 3.8) is 0 Å². The van der Waals surface area contributed by atoms with E-state index in [1.807, 2.05) is 18.3 Å². The van der Waals surface area contributed by atoms with Gasteiger partial charge in [-0.2, -0.15) is 0 Å². The maximum absolute atomic E-state index is 5.04. The maximum Gasteiger partial charge on any atom is 0.212 e. The van der Waals surface area contributed by atoms with Crippen LogP contribution in [0.25, 0.3) is 10.1 Å². The van der Waals surface area contributed by atoms with Gasteiger partial charge in [-0.1, -0.05) is 6.07 Å². The molecule has 0 saturated carbocycles. The predicted molar refractivity (Wildman–Crippen MR) is 79.9 cm³/mol. The van der Waals surface area contributed by atoms with Crippen LogP contribution in [-0.2, 0) is 6.54 Å². The van der Waals surface area contributed by atoms with Crippen molar-refractivity contribution in [2.45, 2.75) is 6.54 Å². The van der Waals surface area contributed by atoms with E-state index < -0.39 is 0 Å². The van der Waals surface area contributed by atoms with Crippen molar-refractivity contribution in [1.82, 2.24) is 4.98 Å². The molecule has 1 aromatic carbocycles. The normalized spacial score (nSPS) is 10.6. The molecule has 0 radical (unpaired) electrons. The van der Waals surface area contributed by atoms with Crippen LogP contribution in [-0.4, -0.2) is 12.1 Å². The van der Waals surface area contributed by atoms with Crippen molar-refractivity contribution in [1.29, 1.82) is 0 Å². The van der Waals surface area contributed by atoms with Gasteiger partial charge in [0.2, 0.25) is 5.88 Å². The predicted octanol–water partition coefficient (Wildman–Crippen LogP) is 3.92. The van der Waals surface area contributed by atoms with Crippen LogP contribution in [0, 0.1) is 0 Å². The summed E-state index contributed by atoms with van der Waals surface area (Å²) in [7, 11) is 1.62. The number of methoxy groups -OCH3 is 1. The molecule has 0 aliphatic heterocycles. The minimum absolute atomic E-state index is 0.642. The molecule has 0 aliphatic rings. The van der Waals surface area contributed by atoms with Crippen LogP contribution in [0.5, 0.6) is 5.88 Å². The van der Waals surface area contributed by atoms with Crippen molar-refractivity contribution < 1.29 is 4.74 Å². The number of benzene rings is 1. The molecule has 0 atom stereocenters. The van der Waals surface area contributed by atoms with Crippen molar-refractivity contribution >= 4 is 27.1 Å². The fourth-order valence-corrected chi connectivity index (χ4v) is 2.69. The van der Waals surface area contributed by atoms with Gasteiger partial charge in [-0.25, -0.2) is 4.98 Å². The zero-order chi connectivity index (χ0) is 13.1. The Balaban J connectivity index is 1.70. The second-order valence-electron chi connectivity index (χ2n) is 4.24. The van der Waals surface area contributed by atoms with Crippen LogP contribution in [0.15, 0.2) is 48.0 Å². The first-order chi connectivity index (χ1) is 9.35. The highest BCUT2D eigenvalue weighted by molar-refractivity contribution is 7.17. The first-order valence-electron chi connectivity index (χ1n) is 6.05. The number of fused-ring (bicyclic) bond motifs is 1. The van der Waals surface area contributed by atoms with E-state index in [1.165, 1.54) is 10.1 Å². The molecule has 3 aromatic rings. The fourth-order valence-electron chi connectivity index (χ4n) is 1.92. The zero-order valence-corrected chi connectivity index (χ0v) is 11.4. The second-order valence-corrected chi connectivity index (χ2v) is 5.18. The Hall–Kier alpha value is -2.07. The first-order valence-corrected chi connectivity index (χ1v) is 6.93. The number of rotatable bonds is 4. The summed E-state index contributed by atoms with van der Waals surface area (Å²) in [5, 5.41) is 6.80. The van der Waals surface area contributed by atoms with Gasteiger partial charge in [-0.05, 0) is 40.6 Å². The highest BCUT2D eigenvalue weighted by atomic mass is 32.1. The van der Waals surface area contributed by atoms with E-state index in [0.717, 1.165) is 17.8 Å². The minimum Gasteiger partial charge on any atom is -0.481 e. The summed E-state index contributed by atoms with van der Waals surface area (Å²) in [6.45, 7) is 0.757. The molecule has 4 heteroatoms. The SMILES string of the molecule is COc1ccc(CNc2ccc3sccc3c2)cn1. The molecule has 1 N–H and O–H groups in total. The number of hydrogen-bond acceptors (Lipinski definition) is 4. The van der Waals surface area contributed by atoms with Gasteiger partial charge in [0.05, 0.1) is 7.11 Å². The van der Waals surface area contributed by atoms with Gasteiger partial charge in [0, 0.05) is 29.2 Å². The standard InChI is InChI=1S/C15H14N2OS/c1-18-15-5-2-11(10-17-15)9-16-13-3-4-14-12(8-13)6-7-19-14/h2-8,10,16H,9H2,1H3. The van der Waals surface area contributed by atoms with Crippen LogP contribution in [0.1, 0.15) is 5.56 Å². The third-order valence-electron chi connectivity index (χ3n) is 2.96. The molecule has 0 fully saturated rings. The molecule has 3 nitrogen and oxygen atoms in total. The molecular formula is C15H14N2OS. The van der Waals surface area contributed by atoms with Gasteiger partial charge in [-0.15, -0.1) is 11.3 Å². The van der Waals surface area contributed by atoms with E-state index in [-0.39, 0.29) is 0 Å². The van der Waals surface area contributed by atoms with Crippen LogP contribution in [0.3, 0.4) is 0 Å². The topological polar surface area (TPSA) is 34.1 Å². The monoisotopic (exact) mass is 270 g/mol. The molecule has 96 valence electrons. The van der Waals surface area contributed by atoms with Gasteiger partial charge in [0.1, 0.15) is 0 Å². The largest absolute Gasteiger partial charge is 0.481 e. The van der Waals surface area contributed by atoms with Crippen molar-refractivity contribution in [2.75, 3.05) is 12.4 Å². The second kappa shape index (κ2) is 5.28. The average molecular weight is 270 g/mol. The van der Waals surface area contributed by atoms with E-state index in [1.54, 1.807) is 18.4 Å². The number of anilines is 1. The van der Waals surface area contributed by atoms with E-state index in [2.05, 4.69) is 39.9 Å². The van der Waals surface area contributed by atoms with Crippen molar-refractivity contribution in [2.24, 2.45) is 0 Å². The molecule has 0 unspecified atom stereocenters. The lowest BCUT2D eigenvalue weighted by Crippen LogP contribution is -2.00. The summed E-state index contributed by atoms with van der Waals surface area (Å²) in [5.74, 6) is 0.642. The number of pyridine rings is 1. The Labute approximate surface area is 115 Å². The Morgan fingerprint density at radius 1 is 1.21 bits per heavy atom. The van der Waals surface area contributed by atoms with E-state index in [9.17, 15) is 0 Å². The van der Waals surface area contributed by atoms with Crippen molar-refractivity contribution in [3.05, 3.63) is 53.5 Å². The van der Waals surface area contributed by atoms with Crippen LogP contribution >= 0.6 is 11.3 Å². The quantitative estimate of drug-likeness (QED) is 0.780. The Morgan fingerprint density at radius 3 is 2.95 bits per heavy atom. The maximum atomic E-state index is 5.04. The van der Waals surface area contributed by atoms with Gasteiger partial charge >= 0.3 is 0 Å². The summed E-state index contributed by atoms with van der Waals surface area (Å²) in [6, 6.07) is 12.5. The van der Waals surface area contributed by atoms with Crippen LogP contribution in [0.2, 0.25) is 0 Å². The summed E-state index contributed by atoms with van der Waals surface area (Å²) in [5.41, 5.74) is 2.26. The molecule has 2 aromatic heterocycles. The fraction of sp³-hybridized carbons (Fsp3) is 0.133. The van der Waals surface area contributed by atoms with E-state index in [4.69, 9.17) is 4.74 Å². The number of nitrogens with zero attached hydrogens (tertiary/aromatic N) is 1. The number of hydrogen-bond donors (Lipinski definition) is 1. The molecule has 19 heavy (non-hydrogen) atoms. The van der Waals surface area contributed by atoms with E-state index in [0.29, 0.717) is 5.88 Å². The summed E-state index contributed by atoms with van der Waals surface area (Å²) in [4.78, 5) is 4.19. The number of thiophene rings is 1. The minimum atomic E-state index is 0.642. The van der Waals surface area contributed by atoms with Crippen LogP contribution in [0.4, 0.5) is 5.69 Å². The zero-order valence-electron chi connectivity index (χ0n) is 10.6. The summed E-state index contributed by atoms with van der Waals surface area (Å²) in [6.07, 6.45) is 1.83. The van der Waals surface area contributed by atoms with Gasteiger partial charge in [0.25, 0.3) is 0 Å². The number of ether oxygens (including phenoxy) is 1. The Morgan fingerprint density at radius 2 is 2.16 bits per heavy atom. The number of aromatic nitrogens is 1. The molecule has 3 rings (SSSR count). The molecule has 0 bridgehead atoms. The van der Waals surface area contributed by atoms with Gasteiger partial charge in [-0.3, -0.25) is 0 Å². The first kappa shape index (κ1) is 12.0. The highest BCUT2D eigenvalue weighted by Crippen LogP contribution is 2.24. The Bertz CT molecular complexity index is 676. The third-order valence-corrected chi connectivity index (χ3v) is 3.85. The van der Waals surface area contributed by atoms with Crippen LogP contribution < -0.4 is 10.1 Å². The van der Waals surface area contributed by atoms with Gasteiger partial charge in [0.15, 0.2) is 0 Å². The average Bonchev–Trinajstić information content (AvgIpc) is 2.93. The highest BCUT2D eigenvalue weighted by Gasteiger charge is 1.99. The molecule has 0 saturated heterocycles. The molecule has 2 heterocycles. The molecule has 0 spiro atoms. The Kier molecular flexibility index (Phi) is 3.33. The van der Waals surface area contributed by atoms with Crippen molar-refractivity contribution in [3.8, 4) is 5.88 Å². The molecular weight excluding hydrogens is 256 g/mol. The van der Waals surface area contributed by atoms with Gasteiger partial charge < -0.3 is 10.1 Å². The summed E-state index contributed by atoms with van der Waals surface area (Å²) < 4.78 is 6.36. The lowest BCUT2D eigenvalue weighted by Gasteiger charge is -2.07. The molecule has 0 amide bonds. The lowest BCUT2D eigenvalue weighted by molar-refractivity contribution is 0.397.